The van der Waals surface area contributed by atoms with Gasteiger partial charge in [-0.2, -0.15) is 0 Å². The molecule has 2 aliphatic rings. The van der Waals surface area contributed by atoms with Gasteiger partial charge in [0, 0.05) is 18.5 Å². The first kappa shape index (κ1) is 14.5. The van der Waals surface area contributed by atoms with Gasteiger partial charge < -0.3 is 4.74 Å². The maximum Gasteiger partial charge on any atom is 0.304 e. The second-order valence-electron chi connectivity index (χ2n) is 5.88. The van der Waals surface area contributed by atoms with Crippen molar-refractivity contribution >= 4 is 27.8 Å². The van der Waals surface area contributed by atoms with E-state index in [1.54, 1.807) is 16.8 Å². The lowest BCUT2D eigenvalue weighted by Crippen LogP contribution is -2.29. The van der Waals surface area contributed by atoms with Gasteiger partial charge in [0.05, 0.1) is 27.7 Å². The van der Waals surface area contributed by atoms with E-state index in [1.807, 2.05) is 0 Å². The molecule has 2 bridgehead atoms. The highest BCUT2D eigenvalue weighted by molar-refractivity contribution is 7.85. The van der Waals surface area contributed by atoms with Crippen LogP contribution in [0.1, 0.15) is 43.2 Å². The Morgan fingerprint density at radius 1 is 1.43 bits per heavy atom. The van der Waals surface area contributed by atoms with Crippen LogP contribution >= 0.6 is 0 Å². The highest BCUT2D eigenvalue weighted by Gasteiger charge is 2.43. The second-order valence-corrected chi connectivity index (χ2v) is 7.57. The summed E-state index contributed by atoms with van der Waals surface area (Å²) in [6.07, 6.45) is 5.42. The minimum atomic E-state index is -1.46. The number of ether oxygens (including phenoxy) is 1. The van der Waals surface area contributed by atoms with E-state index >= 15 is 0 Å². The Bertz CT molecular complexity index is 894. The Morgan fingerprint density at radius 2 is 2.26 bits per heavy atom. The Balaban J connectivity index is 2.06. The number of esters is 1. The third kappa shape index (κ3) is 2.12. The fraction of sp³-hybridized carbons (Fsp3) is 0.467. The lowest BCUT2D eigenvalue weighted by Gasteiger charge is -2.20. The predicted molar refractivity (Wildman–Crippen MR) is 83.1 cm³/mol. The van der Waals surface area contributed by atoms with Crippen LogP contribution in [0.4, 0.5) is 0 Å². The van der Waals surface area contributed by atoms with E-state index in [0.717, 1.165) is 19.3 Å². The monoisotopic (exact) mass is 333 g/mol. The molecule has 0 spiro atoms. The number of nitrogens with zero attached hydrogens (tertiary/aromatic N) is 3. The van der Waals surface area contributed by atoms with Crippen LogP contribution < -0.4 is 5.56 Å². The molecule has 2 aromatic heterocycles. The first-order chi connectivity index (χ1) is 11.1. The molecule has 0 saturated heterocycles. The van der Waals surface area contributed by atoms with Crippen molar-refractivity contribution in [2.24, 2.45) is 0 Å². The number of fused-ring (bicyclic) bond motifs is 6. The fourth-order valence-corrected chi connectivity index (χ4v) is 5.53. The van der Waals surface area contributed by atoms with Gasteiger partial charge in [-0.05, 0) is 18.9 Å². The van der Waals surface area contributed by atoms with Crippen molar-refractivity contribution in [3.8, 4) is 0 Å². The van der Waals surface area contributed by atoms with Gasteiger partial charge in [-0.15, -0.1) is 0 Å². The first-order valence-electron chi connectivity index (χ1n) is 7.49. The summed E-state index contributed by atoms with van der Waals surface area (Å²) in [4.78, 5) is 32.6. The number of pyridine rings is 1. The van der Waals surface area contributed by atoms with Crippen LogP contribution in [0, 0.1) is 0 Å². The minimum Gasteiger partial charge on any atom is -0.444 e. The lowest BCUT2D eigenvalue weighted by molar-refractivity contribution is -0.142. The molecule has 2 aromatic rings. The van der Waals surface area contributed by atoms with Crippen molar-refractivity contribution in [1.29, 1.82) is 0 Å². The highest BCUT2D eigenvalue weighted by Crippen LogP contribution is 2.41. The molecular weight excluding hydrogens is 318 g/mol. The maximum absolute atomic E-state index is 13.0. The molecule has 4 rings (SSSR count). The fourth-order valence-electron chi connectivity index (χ4n) is 3.60. The average molecular weight is 333 g/mol. The summed E-state index contributed by atoms with van der Waals surface area (Å²) in [5.74, 6) is -0.546. The molecule has 120 valence electrons. The van der Waals surface area contributed by atoms with E-state index in [1.165, 1.54) is 13.3 Å². The number of hydrogen-bond acceptors (Lipinski definition) is 6. The van der Waals surface area contributed by atoms with Crippen molar-refractivity contribution in [3.05, 3.63) is 34.5 Å². The third-order valence-electron chi connectivity index (χ3n) is 4.51. The van der Waals surface area contributed by atoms with Crippen LogP contribution in [0.5, 0.6) is 0 Å². The quantitative estimate of drug-likeness (QED) is 0.729. The summed E-state index contributed by atoms with van der Waals surface area (Å²) in [5, 5.41) is 0.471. The molecule has 3 heterocycles. The summed E-state index contributed by atoms with van der Waals surface area (Å²) in [6.45, 7) is 1.26. The van der Waals surface area contributed by atoms with Crippen LogP contribution in [-0.2, 0) is 20.3 Å². The van der Waals surface area contributed by atoms with Crippen molar-refractivity contribution in [3.63, 3.8) is 0 Å². The molecule has 4 atom stereocenters. The molecule has 0 amide bonds. The molecule has 1 aliphatic heterocycles. The zero-order valence-corrected chi connectivity index (χ0v) is 13.3. The summed E-state index contributed by atoms with van der Waals surface area (Å²) in [6, 6.07) is 1.42. The molecule has 4 unspecified atom stereocenters. The van der Waals surface area contributed by atoms with Crippen molar-refractivity contribution in [1.82, 2.24) is 14.5 Å². The Hall–Kier alpha value is -2.09. The maximum atomic E-state index is 13.0. The highest BCUT2D eigenvalue weighted by atomic mass is 32.2. The van der Waals surface area contributed by atoms with Gasteiger partial charge in [-0.3, -0.25) is 18.4 Å². The largest absolute Gasteiger partial charge is 0.444 e. The molecule has 23 heavy (non-hydrogen) atoms. The van der Waals surface area contributed by atoms with E-state index in [2.05, 4.69) is 9.97 Å². The van der Waals surface area contributed by atoms with E-state index in [-0.39, 0.29) is 22.4 Å². The predicted octanol–water partition coefficient (Wildman–Crippen LogP) is 1.21. The van der Waals surface area contributed by atoms with Gasteiger partial charge >= 0.3 is 5.97 Å². The summed E-state index contributed by atoms with van der Waals surface area (Å²) in [7, 11) is -1.46. The second kappa shape index (κ2) is 5.23. The molecular formula is C15H15N3O4S. The van der Waals surface area contributed by atoms with Crippen molar-refractivity contribution in [2.75, 3.05) is 0 Å². The van der Waals surface area contributed by atoms with Gasteiger partial charge in [-0.25, -0.2) is 9.97 Å². The van der Waals surface area contributed by atoms with Gasteiger partial charge in [0.1, 0.15) is 12.0 Å². The summed E-state index contributed by atoms with van der Waals surface area (Å²) < 4.78 is 19.9. The van der Waals surface area contributed by atoms with Gasteiger partial charge in [0.25, 0.3) is 5.56 Å². The zero-order valence-electron chi connectivity index (χ0n) is 12.5. The van der Waals surface area contributed by atoms with Crippen LogP contribution in [0.3, 0.4) is 0 Å². The smallest absolute Gasteiger partial charge is 0.304 e. The lowest BCUT2D eigenvalue weighted by atomic mass is 10.2. The van der Waals surface area contributed by atoms with Gasteiger partial charge in [-0.1, -0.05) is 6.42 Å². The molecule has 1 saturated carbocycles. The topological polar surface area (TPSA) is 91.2 Å². The average Bonchev–Trinajstić information content (AvgIpc) is 2.98. The molecule has 0 radical (unpaired) electrons. The van der Waals surface area contributed by atoms with Crippen molar-refractivity contribution < 1.29 is 13.7 Å². The van der Waals surface area contributed by atoms with E-state index in [0.29, 0.717) is 11.0 Å². The Labute approximate surface area is 134 Å². The summed E-state index contributed by atoms with van der Waals surface area (Å²) in [5.41, 5.74) is -0.504. The molecule has 0 aromatic carbocycles. The van der Waals surface area contributed by atoms with Crippen LogP contribution in [0.15, 0.2) is 23.4 Å². The van der Waals surface area contributed by atoms with Crippen LogP contribution in [0.25, 0.3) is 11.0 Å². The third-order valence-corrected chi connectivity index (χ3v) is 6.43. The van der Waals surface area contributed by atoms with Crippen molar-refractivity contribution in [2.45, 2.75) is 42.9 Å². The summed E-state index contributed by atoms with van der Waals surface area (Å²) >= 11 is 0. The Morgan fingerprint density at radius 3 is 3.04 bits per heavy atom. The minimum absolute atomic E-state index is 0.179. The van der Waals surface area contributed by atoms with E-state index in [9.17, 15) is 13.8 Å². The standard InChI is InChI=1S/C15H15N3O4S/c1-8(19)22-15-10-5-9-6-16-7-17-13(9)18(14(10)20)11-3-2-4-12(11)23(15)21/h5-7,11-12,15H,2-4H2,1H3. The SMILES string of the molecule is CC(=O)OC1c2cc3cncnc3n(c2=O)C2CCCC2S1=O. The number of rotatable bonds is 1. The Kier molecular flexibility index (Phi) is 3.29. The molecule has 7 nitrogen and oxygen atoms in total. The van der Waals surface area contributed by atoms with Crippen LogP contribution in [-0.4, -0.2) is 30.0 Å². The van der Waals surface area contributed by atoms with Gasteiger partial charge in [0.15, 0.2) is 0 Å². The number of hydrogen-bond donors (Lipinski definition) is 0. The zero-order chi connectivity index (χ0) is 16.1. The van der Waals surface area contributed by atoms with Crippen LogP contribution in [0.2, 0.25) is 0 Å². The number of aromatic nitrogens is 3. The molecule has 1 fully saturated rings. The van der Waals surface area contributed by atoms with E-state index in [4.69, 9.17) is 4.74 Å². The first-order valence-corrected chi connectivity index (χ1v) is 8.77. The van der Waals surface area contributed by atoms with Gasteiger partial charge in [0.2, 0.25) is 5.44 Å². The molecule has 1 aliphatic carbocycles. The molecule has 0 N–H and O–H groups in total. The van der Waals surface area contributed by atoms with E-state index < -0.39 is 22.2 Å². The molecule has 8 heteroatoms. The number of carbonyl (C=O) groups excluding carboxylic acids is 1. The normalized spacial score (nSPS) is 29.1. The number of carbonyl (C=O) groups is 1.